The van der Waals surface area contributed by atoms with Crippen LogP contribution in [-0.2, 0) is 4.74 Å². The maximum Gasteiger partial charge on any atom is 0.345 e. The standard InChI is InChI=1S/C8H13N3O4/c1-6-9-5-7(11(13)14)10(6)8(12)3-4-15-2/h5,8,12H,3-4H2,1-2H3. The van der Waals surface area contributed by atoms with Gasteiger partial charge in [0, 0.05) is 20.5 Å². The van der Waals surface area contributed by atoms with Crippen molar-refractivity contribution in [3.63, 3.8) is 0 Å². The lowest BCUT2D eigenvalue weighted by atomic mass is 10.4. The maximum atomic E-state index is 10.6. The molecule has 0 aliphatic carbocycles. The molecule has 0 bridgehead atoms. The summed E-state index contributed by atoms with van der Waals surface area (Å²) in [5.41, 5.74) is 0. The van der Waals surface area contributed by atoms with Crippen molar-refractivity contribution < 1.29 is 14.8 Å². The fourth-order valence-corrected chi connectivity index (χ4v) is 1.30. The lowest BCUT2D eigenvalue weighted by Crippen LogP contribution is -2.14. The first-order valence-electron chi connectivity index (χ1n) is 4.43. The van der Waals surface area contributed by atoms with E-state index in [-0.39, 0.29) is 12.2 Å². The summed E-state index contributed by atoms with van der Waals surface area (Å²) in [7, 11) is 1.50. The van der Waals surface area contributed by atoms with Gasteiger partial charge >= 0.3 is 5.82 Å². The molecule has 1 aromatic heterocycles. The van der Waals surface area contributed by atoms with E-state index in [9.17, 15) is 15.2 Å². The molecule has 0 radical (unpaired) electrons. The van der Waals surface area contributed by atoms with Crippen LogP contribution in [0.25, 0.3) is 0 Å². The molecule has 0 amide bonds. The normalized spacial score (nSPS) is 12.7. The largest absolute Gasteiger partial charge is 0.384 e. The number of hydrogen-bond acceptors (Lipinski definition) is 5. The average molecular weight is 215 g/mol. The van der Waals surface area contributed by atoms with Gasteiger partial charge in [-0.1, -0.05) is 0 Å². The molecular weight excluding hydrogens is 202 g/mol. The van der Waals surface area contributed by atoms with Gasteiger partial charge in [0.25, 0.3) is 0 Å². The summed E-state index contributed by atoms with van der Waals surface area (Å²) in [6.45, 7) is 1.93. The fourth-order valence-electron chi connectivity index (χ4n) is 1.30. The second-order valence-electron chi connectivity index (χ2n) is 3.05. The Bertz CT molecular complexity index is 350. The van der Waals surface area contributed by atoms with E-state index in [4.69, 9.17) is 4.74 Å². The number of aryl methyl sites for hydroxylation is 1. The molecule has 0 saturated heterocycles. The number of hydrogen-bond donors (Lipinski definition) is 1. The first-order chi connectivity index (χ1) is 7.07. The zero-order valence-corrected chi connectivity index (χ0v) is 8.58. The van der Waals surface area contributed by atoms with Crippen LogP contribution in [0.5, 0.6) is 0 Å². The molecule has 0 aliphatic heterocycles. The van der Waals surface area contributed by atoms with Gasteiger partial charge < -0.3 is 20.0 Å². The van der Waals surface area contributed by atoms with Crippen LogP contribution < -0.4 is 0 Å². The van der Waals surface area contributed by atoms with Crippen LogP contribution in [0, 0.1) is 17.0 Å². The number of methoxy groups -OCH3 is 1. The van der Waals surface area contributed by atoms with Gasteiger partial charge in [0.1, 0.15) is 6.20 Å². The van der Waals surface area contributed by atoms with Gasteiger partial charge in [0.2, 0.25) is 6.23 Å². The van der Waals surface area contributed by atoms with E-state index in [1.165, 1.54) is 11.7 Å². The van der Waals surface area contributed by atoms with E-state index in [1.54, 1.807) is 6.92 Å². The molecule has 1 unspecified atom stereocenters. The molecule has 1 aromatic rings. The molecule has 15 heavy (non-hydrogen) atoms. The topological polar surface area (TPSA) is 90.4 Å². The van der Waals surface area contributed by atoms with Gasteiger partial charge in [-0.05, 0) is 4.92 Å². The lowest BCUT2D eigenvalue weighted by molar-refractivity contribution is -0.393. The molecule has 7 heteroatoms. The lowest BCUT2D eigenvalue weighted by Gasteiger charge is -2.09. The highest BCUT2D eigenvalue weighted by atomic mass is 16.6. The number of imidazole rings is 1. The zero-order valence-electron chi connectivity index (χ0n) is 8.58. The molecule has 84 valence electrons. The minimum atomic E-state index is -0.979. The SMILES string of the molecule is COCCC(O)n1c([N+](=O)[O-])cnc1C. The molecule has 1 atom stereocenters. The fraction of sp³-hybridized carbons (Fsp3) is 0.625. The van der Waals surface area contributed by atoms with Crippen molar-refractivity contribution in [2.24, 2.45) is 0 Å². The highest BCUT2D eigenvalue weighted by Gasteiger charge is 2.23. The molecule has 1 rings (SSSR count). The van der Waals surface area contributed by atoms with Crippen LogP contribution in [0.3, 0.4) is 0 Å². The van der Waals surface area contributed by atoms with Crippen molar-refractivity contribution in [2.75, 3.05) is 13.7 Å². The summed E-state index contributed by atoms with van der Waals surface area (Å²) in [4.78, 5) is 13.8. The van der Waals surface area contributed by atoms with Crippen molar-refractivity contribution in [1.82, 2.24) is 9.55 Å². The van der Waals surface area contributed by atoms with Crippen molar-refractivity contribution in [1.29, 1.82) is 0 Å². The Morgan fingerprint density at radius 1 is 1.80 bits per heavy atom. The van der Waals surface area contributed by atoms with Crippen molar-refractivity contribution in [3.8, 4) is 0 Å². The molecule has 1 heterocycles. The summed E-state index contributed by atoms with van der Waals surface area (Å²) in [6, 6.07) is 0. The molecular formula is C8H13N3O4. The van der Waals surface area contributed by atoms with Crippen molar-refractivity contribution in [3.05, 3.63) is 22.1 Å². The van der Waals surface area contributed by atoms with Gasteiger partial charge in [-0.3, -0.25) is 0 Å². The number of rotatable bonds is 5. The summed E-state index contributed by atoms with van der Waals surface area (Å²) < 4.78 is 5.97. The second kappa shape index (κ2) is 4.85. The van der Waals surface area contributed by atoms with E-state index in [0.717, 1.165) is 6.20 Å². The van der Waals surface area contributed by atoms with E-state index < -0.39 is 11.2 Å². The summed E-state index contributed by atoms with van der Waals surface area (Å²) in [5.74, 6) is 0.196. The van der Waals surface area contributed by atoms with Crippen LogP contribution in [-0.4, -0.2) is 33.3 Å². The van der Waals surface area contributed by atoms with E-state index in [0.29, 0.717) is 12.4 Å². The minimum absolute atomic E-state index is 0.212. The first kappa shape index (κ1) is 11.6. The number of aliphatic hydroxyl groups excluding tert-OH is 1. The first-order valence-corrected chi connectivity index (χ1v) is 4.43. The quantitative estimate of drug-likeness (QED) is 0.574. The monoisotopic (exact) mass is 215 g/mol. The number of ether oxygens (including phenoxy) is 1. The number of nitrogens with zero attached hydrogens (tertiary/aromatic N) is 3. The smallest absolute Gasteiger partial charge is 0.345 e. The molecule has 0 fully saturated rings. The summed E-state index contributed by atoms with van der Waals surface area (Å²) in [6.07, 6.45) is 0.438. The molecule has 1 N–H and O–H groups in total. The molecule has 7 nitrogen and oxygen atoms in total. The molecule has 0 saturated carbocycles. The van der Waals surface area contributed by atoms with Crippen LogP contribution in [0.15, 0.2) is 6.20 Å². The maximum absolute atomic E-state index is 10.6. The third-order valence-electron chi connectivity index (χ3n) is 2.03. The minimum Gasteiger partial charge on any atom is -0.384 e. The number of aromatic nitrogens is 2. The van der Waals surface area contributed by atoms with Crippen LogP contribution in [0.1, 0.15) is 18.5 Å². The van der Waals surface area contributed by atoms with Gasteiger partial charge in [0.15, 0.2) is 5.82 Å². The van der Waals surface area contributed by atoms with E-state index in [1.807, 2.05) is 0 Å². The van der Waals surface area contributed by atoms with Crippen LogP contribution in [0.2, 0.25) is 0 Å². The Balaban J connectivity index is 2.90. The van der Waals surface area contributed by atoms with Gasteiger partial charge in [-0.25, -0.2) is 4.98 Å². The van der Waals surface area contributed by atoms with Gasteiger partial charge in [-0.15, -0.1) is 0 Å². The predicted octanol–water partition coefficient (Wildman–Crippen LogP) is 0.627. The van der Waals surface area contributed by atoms with Crippen molar-refractivity contribution in [2.45, 2.75) is 19.6 Å². The average Bonchev–Trinajstić information content (AvgIpc) is 2.56. The molecule has 0 aliphatic rings. The van der Waals surface area contributed by atoms with Gasteiger partial charge in [0.05, 0.1) is 6.61 Å². The predicted molar refractivity (Wildman–Crippen MR) is 51.4 cm³/mol. The summed E-state index contributed by atoms with van der Waals surface area (Å²) >= 11 is 0. The van der Waals surface area contributed by atoms with E-state index >= 15 is 0 Å². The van der Waals surface area contributed by atoms with Crippen LogP contribution in [0.4, 0.5) is 5.82 Å². The van der Waals surface area contributed by atoms with Crippen molar-refractivity contribution >= 4 is 5.82 Å². The third-order valence-corrected chi connectivity index (χ3v) is 2.03. The van der Waals surface area contributed by atoms with E-state index in [2.05, 4.69) is 4.98 Å². The Morgan fingerprint density at radius 2 is 2.47 bits per heavy atom. The zero-order chi connectivity index (χ0) is 11.4. The highest BCUT2D eigenvalue weighted by molar-refractivity contribution is 5.19. The Labute approximate surface area is 86.5 Å². The number of aliphatic hydroxyl groups is 1. The molecule has 0 aromatic carbocycles. The Morgan fingerprint density at radius 3 is 3.00 bits per heavy atom. The van der Waals surface area contributed by atoms with Gasteiger partial charge in [-0.2, -0.15) is 4.57 Å². The highest BCUT2D eigenvalue weighted by Crippen LogP contribution is 2.20. The molecule has 0 spiro atoms. The Kier molecular flexibility index (Phi) is 3.75. The Hall–Kier alpha value is -1.47. The number of nitro groups is 1. The second-order valence-corrected chi connectivity index (χ2v) is 3.05. The third kappa shape index (κ3) is 2.51. The summed E-state index contributed by atoms with van der Waals surface area (Å²) in [5, 5.41) is 20.3. The van der Waals surface area contributed by atoms with Crippen LogP contribution >= 0.6 is 0 Å².